The maximum absolute atomic E-state index is 15.6. The molecule has 0 bridgehead atoms. The summed E-state index contributed by atoms with van der Waals surface area (Å²) in [5, 5.41) is 20.7. The van der Waals surface area contributed by atoms with Gasteiger partial charge in [0.05, 0.1) is 44.2 Å². The van der Waals surface area contributed by atoms with E-state index in [1.807, 2.05) is 4.90 Å². The lowest BCUT2D eigenvalue weighted by Crippen LogP contribution is -2.66. The smallest absolute Gasteiger partial charge is 0.407 e. The molecule has 2 atom stereocenters. The van der Waals surface area contributed by atoms with Crippen LogP contribution in [0, 0.1) is 11.3 Å². The van der Waals surface area contributed by atoms with Gasteiger partial charge in [0, 0.05) is 54.9 Å². The van der Waals surface area contributed by atoms with E-state index in [4.69, 9.17) is 14.2 Å². The van der Waals surface area contributed by atoms with E-state index < -0.39 is 33.5 Å². The number of fused-ring (bicyclic) bond motifs is 1. The Labute approximate surface area is 283 Å². The minimum atomic E-state index is -4.74. The molecule has 1 fully saturated rings. The summed E-state index contributed by atoms with van der Waals surface area (Å²) < 4.78 is 47.1. The molecule has 49 heavy (non-hydrogen) atoms. The quantitative estimate of drug-likeness (QED) is 0.268. The molecule has 6 rings (SSSR count). The molecule has 2 unspecified atom stereocenters. The number of carbonyl (C=O) groups is 2. The summed E-state index contributed by atoms with van der Waals surface area (Å²) in [4.78, 5) is 35.6. The number of hydrogen-bond donors (Lipinski definition) is 1. The van der Waals surface area contributed by atoms with Crippen LogP contribution in [0.3, 0.4) is 0 Å². The van der Waals surface area contributed by atoms with Crippen LogP contribution in [0.4, 0.5) is 16.2 Å². The van der Waals surface area contributed by atoms with Crippen molar-refractivity contribution in [2.24, 2.45) is 0 Å². The largest absolute Gasteiger partial charge is 0.497 e. The van der Waals surface area contributed by atoms with Gasteiger partial charge in [-0.15, -0.1) is 0 Å². The molecule has 2 aliphatic rings. The van der Waals surface area contributed by atoms with Gasteiger partial charge in [-0.05, 0) is 55.5 Å². The minimum absolute atomic E-state index is 0.0134. The van der Waals surface area contributed by atoms with Gasteiger partial charge < -0.3 is 29.1 Å². The van der Waals surface area contributed by atoms with Crippen molar-refractivity contribution in [1.82, 2.24) is 9.88 Å². The van der Waals surface area contributed by atoms with E-state index in [1.54, 1.807) is 55.7 Å². The fourth-order valence-corrected chi connectivity index (χ4v) is 8.43. The van der Waals surface area contributed by atoms with Crippen molar-refractivity contribution in [3.05, 3.63) is 102 Å². The molecule has 1 saturated heterocycles. The molecule has 14 heteroatoms. The molecule has 0 saturated carbocycles. The van der Waals surface area contributed by atoms with Gasteiger partial charge in [0.15, 0.2) is 0 Å². The first kappa shape index (κ1) is 33.1. The lowest BCUT2D eigenvalue weighted by Gasteiger charge is -2.48. The van der Waals surface area contributed by atoms with E-state index in [0.717, 1.165) is 5.69 Å². The molecule has 252 valence electrons. The molecular weight excluding hydrogens is 650 g/mol. The average molecular weight is 684 g/mol. The van der Waals surface area contributed by atoms with Gasteiger partial charge in [0.2, 0.25) is 0 Å². The number of nitriles is 1. The number of pyridine rings is 1. The summed E-state index contributed by atoms with van der Waals surface area (Å²) in [5.41, 5.74) is -0.750. The van der Waals surface area contributed by atoms with Crippen LogP contribution in [-0.4, -0.2) is 81.9 Å². The number of carboxylic acid groups (broad SMARTS) is 1. The lowest BCUT2D eigenvalue weighted by atomic mass is 9.67. The van der Waals surface area contributed by atoms with Crippen LogP contribution < -0.4 is 23.4 Å². The third kappa shape index (κ3) is 5.32. The average Bonchev–Trinajstić information content (AvgIpc) is 3.39. The Hall–Kier alpha value is -5.81. The van der Waals surface area contributed by atoms with Crippen LogP contribution in [0.15, 0.2) is 90.1 Å². The van der Waals surface area contributed by atoms with Crippen LogP contribution >= 0.6 is 0 Å². The van der Waals surface area contributed by atoms with Crippen molar-refractivity contribution < 1.29 is 37.3 Å². The molecule has 2 amide bonds. The molecule has 2 aliphatic heterocycles. The van der Waals surface area contributed by atoms with Gasteiger partial charge >= 0.3 is 6.09 Å². The Morgan fingerprint density at radius 2 is 1.76 bits per heavy atom. The molecule has 0 radical (unpaired) electrons. The number of rotatable bonds is 9. The Morgan fingerprint density at radius 3 is 2.43 bits per heavy atom. The number of amides is 2. The highest BCUT2D eigenvalue weighted by Crippen LogP contribution is 2.55. The number of hydrogen-bond acceptors (Lipinski definition) is 10. The molecular formula is C35H33N5O8S. The fraction of sp³-hybridized carbons (Fsp3) is 0.257. The highest BCUT2D eigenvalue weighted by atomic mass is 32.2. The Kier molecular flexibility index (Phi) is 8.79. The predicted molar refractivity (Wildman–Crippen MR) is 179 cm³/mol. The lowest BCUT2D eigenvalue weighted by molar-refractivity contribution is -0.122. The summed E-state index contributed by atoms with van der Waals surface area (Å²) in [7, 11) is -2.02. The normalized spacial score (nSPS) is 18.9. The Morgan fingerprint density at radius 1 is 1.00 bits per heavy atom. The van der Waals surface area contributed by atoms with Crippen molar-refractivity contribution >= 4 is 33.4 Å². The summed E-state index contributed by atoms with van der Waals surface area (Å²) >= 11 is 0. The highest BCUT2D eigenvalue weighted by Gasteiger charge is 2.64. The monoisotopic (exact) mass is 683 g/mol. The van der Waals surface area contributed by atoms with Crippen molar-refractivity contribution in [3.63, 3.8) is 0 Å². The zero-order valence-electron chi connectivity index (χ0n) is 26.9. The van der Waals surface area contributed by atoms with Gasteiger partial charge in [-0.25, -0.2) is 17.5 Å². The van der Waals surface area contributed by atoms with E-state index >= 15 is 4.79 Å². The van der Waals surface area contributed by atoms with E-state index in [2.05, 4.69) is 11.1 Å². The Balaban J connectivity index is 1.69. The van der Waals surface area contributed by atoms with Gasteiger partial charge in [-0.3, -0.25) is 9.78 Å². The maximum atomic E-state index is 15.6. The maximum Gasteiger partial charge on any atom is 0.407 e. The van der Waals surface area contributed by atoms with Crippen LogP contribution in [0.25, 0.3) is 0 Å². The topological polar surface area (TPSA) is 163 Å². The van der Waals surface area contributed by atoms with E-state index in [-0.39, 0.29) is 58.5 Å². The zero-order valence-corrected chi connectivity index (χ0v) is 27.8. The first-order valence-corrected chi connectivity index (χ1v) is 16.8. The number of anilines is 2. The van der Waals surface area contributed by atoms with Crippen LogP contribution in [0.5, 0.6) is 17.2 Å². The third-order valence-electron chi connectivity index (χ3n) is 8.95. The fourth-order valence-electron chi connectivity index (χ4n) is 6.82. The molecule has 0 aliphatic carbocycles. The van der Waals surface area contributed by atoms with Crippen LogP contribution in [0.2, 0.25) is 0 Å². The second-order valence-electron chi connectivity index (χ2n) is 11.3. The van der Waals surface area contributed by atoms with Gasteiger partial charge in [0.25, 0.3) is 15.9 Å². The molecule has 3 aromatic carbocycles. The number of sulfonamides is 1. The standard InChI is InChI=1S/C35H33N5O8S/c1-4-48-29-8-6-5-7-26(29)35(32-22-38(17-18-39(32)34(42)43)24-13-15-37-16-14-24)27-19-23(21-36)9-11-28(27)40(33(35)41)49(44,45)31-12-10-25(46-2)20-30(31)47-3/h5-16,19-20,32H,4,17-18,22H2,1-3H3,(H,42,43). The molecule has 13 nitrogen and oxygen atoms in total. The van der Waals surface area contributed by atoms with E-state index in [9.17, 15) is 23.6 Å². The number of piperazine rings is 1. The number of para-hydroxylation sites is 1. The third-order valence-corrected chi connectivity index (χ3v) is 10.7. The number of carbonyl (C=O) groups excluding carboxylic acids is 1. The van der Waals surface area contributed by atoms with Crippen molar-refractivity contribution in [2.75, 3.05) is 49.7 Å². The number of ether oxygens (including phenoxy) is 3. The molecule has 3 heterocycles. The zero-order chi connectivity index (χ0) is 34.9. The SMILES string of the molecule is CCOc1ccccc1C1(C2CN(c3ccncc3)CCN2C(=O)O)C(=O)N(S(=O)(=O)c2ccc(OC)cc2OC)c2ccc(C#N)cc21. The van der Waals surface area contributed by atoms with Crippen molar-refractivity contribution in [3.8, 4) is 23.3 Å². The van der Waals surface area contributed by atoms with E-state index in [0.29, 0.717) is 16.6 Å². The summed E-state index contributed by atoms with van der Waals surface area (Å²) in [5.74, 6) is -0.406. The summed E-state index contributed by atoms with van der Waals surface area (Å²) in [6.07, 6.45) is 1.93. The number of methoxy groups -OCH3 is 2. The first-order valence-electron chi connectivity index (χ1n) is 15.4. The van der Waals surface area contributed by atoms with Gasteiger partial charge in [-0.2, -0.15) is 5.26 Å². The molecule has 4 aromatic rings. The number of aromatic nitrogens is 1. The summed E-state index contributed by atoms with van der Waals surface area (Å²) in [6.45, 7) is 2.23. The number of benzene rings is 3. The second kappa shape index (κ2) is 13.0. The van der Waals surface area contributed by atoms with Crippen molar-refractivity contribution in [2.45, 2.75) is 23.3 Å². The first-order chi connectivity index (χ1) is 23.6. The van der Waals surface area contributed by atoms with Crippen LogP contribution in [-0.2, 0) is 20.2 Å². The van der Waals surface area contributed by atoms with Crippen LogP contribution in [0.1, 0.15) is 23.6 Å². The Bertz CT molecular complexity index is 2070. The van der Waals surface area contributed by atoms with E-state index in [1.165, 1.54) is 55.5 Å². The predicted octanol–water partition coefficient (Wildman–Crippen LogP) is 4.26. The minimum Gasteiger partial charge on any atom is -0.497 e. The second-order valence-corrected chi connectivity index (χ2v) is 13.1. The number of nitrogens with zero attached hydrogens (tertiary/aromatic N) is 5. The van der Waals surface area contributed by atoms with Gasteiger partial charge in [0.1, 0.15) is 27.6 Å². The van der Waals surface area contributed by atoms with Gasteiger partial charge in [-0.1, -0.05) is 18.2 Å². The molecule has 0 spiro atoms. The summed E-state index contributed by atoms with van der Waals surface area (Å²) in [6, 6.07) is 19.5. The molecule has 1 aromatic heterocycles. The highest BCUT2D eigenvalue weighted by molar-refractivity contribution is 7.93. The van der Waals surface area contributed by atoms with Crippen molar-refractivity contribution in [1.29, 1.82) is 5.26 Å². The molecule has 1 N–H and O–H groups in total.